The predicted octanol–water partition coefficient (Wildman–Crippen LogP) is 5.85. The Bertz CT molecular complexity index is 1730. The third kappa shape index (κ3) is 14.3. The minimum absolute atomic E-state index is 0.00920. The zero-order chi connectivity index (χ0) is 40.9. The Hall–Kier alpha value is -3.59. The number of unbranched alkanes of at least 4 members (excludes halogenated alkanes) is 15. The van der Waals surface area contributed by atoms with Crippen LogP contribution in [-0.4, -0.2) is 104 Å². The number of phosphoric ester groups is 1. The van der Waals surface area contributed by atoms with E-state index in [0.717, 1.165) is 19.3 Å². The molecule has 0 spiro atoms. The number of aliphatic imine (C=N–C) groups is 1. The van der Waals surface area contributed by atoms with Crippen LogP contribution in [0.5, 0.6) is 5.88 Å². The van der Waals surface area contributed by atoms with Crippen LogP contribution in [0.15, 0.2) is 35.6 Å². The number of rotatable bonds is 29. The van der Waals surface area contributed by atoms with E-state index >= 15 is 0 Å². The van der Waals surface area contributed by atoms with Gasteiger partial charge in [-0.05, 0) is 24.6 Å². The summed E-state index contributed by atoms with van der Waals surface area (Å²) in [5.74, 6) is 0.253. The molecular weight excluding hydrogens is 755 g/mol. The van der Waals surface area contributed by atoms with Crippen molar-refractivity contribution in [1.29, 1.82) is 5.26 Å². The number of fused-ring (bicyclic) bond motifs is 1. The van der Waals surface area contributed by atoms with Gasteiger partial charge < -0.3 is 35.1 Å². The Morgan fingerprint density at radius 2 is 1.61 bits per heavy atom. The van der Waals surface area contributed by atoms with Gasteiger partial charge in [0, 0.05) is 25.9 Å². The number of hydrogen-bond acceptors (Lipinski definition) is 15. The van der Waals surface area contributed by atoms with Crippen LogP contribution in [0.4, 0.5) is 5.82 Å². The van der Waals surface area contributed by atoms with Gasteiger partial charge in [-0.15, -0.1) is 10.2 Å². The van der Waals surface area contributed by atoms with Crippen LogP contribution in [0.1, 0.15) is 121 Å². The van der Waals surface area contributed by atoms with E-state index in [1.54, 1.807) is 12.1 Å². The standard InChI is InChI=1S/C39H61N8O9P/c1-3-4-5-6-7-8-9-10-11-12-13-14-15-16-17-18-23-52-25-31(55-35-22-19-30(24-40)45-46-35)26-53-57(50,51)54-27-33-36(48)37(49)39(56-33,28-42-2)34-21-20-32-38(41)43-29-44-47(32)34/h19-22,28-29,31,33,36-37,48-49H,3-18,23,25-27H2,1-2H3,(H,50,51)(H2,41,43,44)/b42-28+/t31-,33-,36-,37-,39+/m1/s1. The molecule has 4 rings (SSSR count). The van der Waals surface area contributed by atoms with Crippen molar-refractivity contribution < 1.29 is 42.9 Å². The maximum absolute atomic E-state index is 13.1. The van der Waals surface area contributed by atoms with Crippen LogP contribution in [0.2, 0.25) is 0 Å². The summed E-state index contributed by atoms with van der Waals surface area (Å²) in [5.41, 5.74) is 5.10. The predicted molar refractivity (Wildman–Crippen MR) is 214 cm³/mol. The molecule has 316 valence electrons. The van der Waals surface area contributed by atoms with Crippen molar-refractivity contribution in [2.75, 3.05) is 39.2 Å². The van der Waals surface area contributed by atoms with Crippen LogP contribution in [-0.2, 0) is 28.7 Å². The summed E-state index contributed by atoms with van der Waals surface area (Å²) in [5, 5.41) is 43.1. The maximum Gasteiger partial charge on any atom is 0.472 e. The number of aliphatic hydroxyl groups is 2. The molecule has 57 heavy (non-hydrogen) atoms. The van der Waals surface area contributed by atoms with Gasteiger partial charge >= 0.3 is 7.82 Å². The second kappa shape index (κ2) is 24.4. The largest absolute Gasteiger partial charge is 0.472 e. The lowest BCUT2D eigenvalue weighted by Crippen LogP contribution is -2.43. The molecule has 0 radical (unpaired) electrons. The van der Waals surface area contributed by atoms with Crippen LogP contribution in [0.3, 0.4) is 0 Å². The average molecular weight is 817 g/mol. The zero-order valence-electron chi connectivity index (χ0n) is 33.4. The van der Waals surface area contributed by atoms with Gasteiger partial charge in [0.05, 0.1) is 25.5 Å². The molecule has 0 bridgehead atoms. The number of ether oxygens (including phenoxy) is 3. The Morgan fingerprint density at radius 3 is 2.21 bits per heavy atom. The van der Waals surface area contributed by atoms with E-state index in [4.69, 9.17) is 34.3 Å². The fourth-order valence-corrected chi connectivity index (χ4v) is 7.65. The van der Waals surface area contributed by atoms with E-state index in [-0.39, 0.29) is 24.0 Å². The van der Waals surface area contributed by atoms with E-state index in [0.29, 0.717) is 17.8 Å². The van der Waals surface area contributed by atoms with Crippen LogP contribution in [0.25, 0.3) is 5.52 Å². The molecule has 18 heteroatoms. The summed E-state index contributed by atoms with van der Waals surface area (Å²) in [6.07, 6.45) is 17.5. The quantitative estimate of drug-likeness (QED) is 0.0365. The molecule has 5 N–H and O–H groups in total. The lowest BCUT2D eigenvalue weighted by atomic mass is 9.92. The Balaban J connectivity index is 1.20. The molecule has 3 aromatic heterocycles. The molecule has 1 aliphatic heterocycles. The molecule has 17 nitrogen and oxygen atoms in total. The highest BCUT2D eigenvalue weighted by Gasteiger charge is 2.56. The molecule has 1 aliphatic rings. The van der Waals surface area contributed by atoms with Crippen LogP contribution >= 0.6 is 7.82 Å². The van der Waals surface area contributed by atoms with Crippen LogP contribution in [0, 0.1) is 11.3 Å². The van der Waals surface area contributed by atoms with Gasteiger partial charge in [0.2, 0.25) is 5.88 Å². The monoisotopic (exact) mass is 816 g/mol. The smallest absolute Gasteiger partial charge is 0.468 e. The molecule has 1 saturated heterocycles. The first-order chi connectivity index (χ1) is 27.6. The number of phosphoric acid groups is 1. The fourth-order valence-electron chi connectivity index (χ4n) is 6.88. The van der Waals surface area contributed by atoms with Gasteiger partial charge in [-0.1, -0.05) is 103 Å². The second-order valence-electron chi connectivity index (χ2n) is 14.5. The lowest BCUT2D eigenvalue weighted by molar-refractivity contribution is -0.0552. The van der Waals surface area contributed by atoms with Gasteiger partial charge in [0.25, 0.3) is 0 Å². The third-order valence-electron chi connectivity index (χ3n) is 10.0. The molecule has 1 unspecified atom stereocenters. The molecule has 6 atom stereocenters. The molecule has 3 aromatic rings. The van der Waals surface area contributed by atoms with Gasteiger partial charge in [-0.2, -0.15) is 10.4 Å². The fraction of sp³-hybridized carbons (Fsp3) is 0.692. The number of nitrogen functional groups attached to an aromatic ring is 1. The summed E-state index contributed by atoms with van der Waals surface area (Å²) >= 11 is 0. The Morgan fingerprint density at radius 1 is 0.965 bits per heavy atom. The number of hydrogen-bond donors (Lipinski definition) is 4. The summed E-state index contributed by atoms with van der Waals surface area (Å²) in [4.78, 5) is 18.6. The van der Waals surface area contributed by atoms with Crippen molar-refractivity contribution in [3.05, 3.63) is 42.0 Å². The molecule has 0 aromatic carbocycles. The average Bonchev–Trinajstić information content (AvgIpc) is 3.75. The number of anilines is 1. The number of nitrogens with zero attached hydrogens (tertiary/aromatic N) is 7. The summed E-state index contributed by atoms with van der Waals surface area (Å²) in [6.45, 7) is 1.66. The Labute approximate surface area is 335 Å². The van der Waals surface area contributed by atoms with Gasteiger partial charge in [-0.3, -0.25) is 14.0 Å². The van der Waals surface area contributed by atoms with E-state index in [2.05, 4.69) is 32.2 Å². The van der Waals surface area contributed by atoms with Crippen molar-refractivity contribution >= 4 is 25.4 Å². The first-order valence-electron chi connectivity index (χ1n) is 20.3. The van der Waals surface area contributed by atoms with Gasteiger partial charge in [-0.25, -0.2) is 14.1 Å². The number of nitrogens with two attached hydrogens (primary N) is 1. The summed E-state index contributed by atoms with van der Waals surface area (Å²) in [6, 6.07) is 8.00. The molecule has 0 amide bonds. The first-order valence-corrected chi connectivity index (χ1v) is 21.8. The van der Waals surface area contributed by atoms with E-state index in [9.17, 15) is 19.7 Å². The topological polar surface area (TPSA) is 242 Å². The van der Waals surface area contributed by atoms with Crippen molar-refractivity contribution in [2.45, 2.75) is 140 Å². The highest BCUT2D eigenvalue weighted by atomic mass is 31.2. The SMILES string of the molecule is CCCCCCCCCCCCCCCCCCOC[C@H](COP(=O)(O)OC[C@H]1O[C@@](/C=N/C)(c2ccc3c(N)ncnn23)[C@H](O)[C@@H]1O)Oc1ccc(C#N)nn1. The molecule has 0 saturated carbocycles. The number of aliphatic hydroxyl groups excluding tert-OH is 2. The number of aromatic nitrogens is 5. The molecule has 0 aliphatic carbocycles. The highest BCUT2D eigenvalue weighted by molar-refractivity contribution is 7.47. The third-order valence-corrected chi connectivity index (χ3v) is 11.0. The summed E-state index contributed by atoms with van der Waals surface area (Å²) in [7, 11) is -3.30. The summed E-state index contributed by atoms with van der Waals surface area (Å²) < 4.78 is 42.8. The minimum Gasteiger partial charge on any atom is -0.468 e. The van der Waals surface area contributed by atoms with Crippen molar-refractivity contribution in [1.82, 2.24) is 24.8 Å². The second-order valence-corrected chi connectivity index (χ2v) is 15.9. The van der Waals surface area contributed by atoms with E-state index in [1.807, 2.05) is 6.07 Å². The van der Waals surface area contributed by atoms with Crippen molar-refractivity contribution in [3.8, 4) is 11.9 Å². The van der Waals surface area contributed by atoms with E-state index < -0.39 is 51.1 Å². The Kier molecular flexibility index (Phi) is 19.7. The van der Waals surface area contributed by atoms with Crippen molar-refractivity contribution in [2.24, 2.45) is 4.99 Å². The minimum atomic E-state index is -4.77. The van der Waals surface area contributed by atoms with E-state index in [1.165, 1.54) is 120 Å². The maximum atomic E-state index is 13.1. The molecule has 1 fully saturated rings. The van der Waals surface area contributed by atoms with Crippen molar-refractivity contribution in [3.63, 3.8) is 0 Å². The number of nitriles is 1. The molecule has 4 heterocycles. The van der Waals surface area contributed by atoms with Gasteiger partial charge in [0.15, 0.2) is 17.1 Å². The van der Waals surface area contributed by atoms with Crippen LogP contribution < -0.4 is 10.5 Å². The molecular formula is C39H61N8O9P. The zero-order valence-corrected chi connectivity index (χ0v) is 34.3. The van der Waals surface area contributed by atoms with Gasteiger partial charge in [0.1, 0.15) is 42.3 Å². The lowest BCUT2D eigenvalue weighted by Gasteiger charge is -2.27. The first kappa shape index (κ1) is 46.1. The normalized spacial score (nSPS) is 21.2. The highest BCUT2D eigenvalue weighted by Crippen LogP contribution is 2.46.